The Morgan fingerprint density at radius 3 is 1.50 bits per heavy atom. The highest BCUT2D eigenvalue weighted by Gasteiger charge is 2.32. The molecule has 3 rings (SSSR count). The first-order valence-corrected chi connectivity index (χ1v) is 11.6. The van der Waals surface area contributed by atoms with E-state index in [4.69, 9.17) is 4.89 Å². The molecule has 0 spiro atoms. The predicted octanol–water partition coefficient (Wildman–Crippen LogP) is 3.19. The Bertz CT molecular complexity index is 261. The molecular weight excluding hydrogens is 313 g/mol. The van der Waals surface area contributed by atoms with E-state index in [2.05, 4.69) is 26.9 Å². The Balaban J connectivity index is 0.000000545. The lowest BCUT2D eigenvalue weighted by atomic mass is 9.95. The van der Waals surface area contributed by atoms with Gasteiger partial charge in [-0.25, -0.2) is 10.0 Å². The molecule has 0 radical (unpaired) electrons. The summed E-state index contributed by atoms with van der Waals surface area (Å²) in [5, 5.41) is 8.15. The van der Waals surface area contributed by atoms with Crippen LogP contribution in [-0.4, -0.2) is 52.3 Å². The summed E-state index contributed by atoms with van der Waals surface area (Å²) in [7, 11) is -0.667. The summed E-state index contributed by atoms with van der Waals surface area (Å²) in [5.41, 5.74) is 0. The fraction of sp³-hybridized carbons (Fsp3) is 1.00. The lowest BCUT2D eigenvalue weighted by Gasteiger charge is -2.50. The molecule has 130 valence electrons. The van der Waals surface area contributed by atoms with Crippen LogP contribution in [0.2, 0.25) is 0 Å². The molecule has 0 aromatic rings. The zero-order valence-corrected chi connectivity index (χ0v) is 15.9. The summed E-state index contributed by atoms with van der Waals surface area (Å²) in [4.78, 5) is 7.47. The molecule has 6 heteroatoms. The fourth-order valence-corrected chi connectivity index (χ4v) is 4.12. The number of rotatable bonds is 3. The standard InChI is InChI=1S/C16H31N3.H3OPS/c1-4-10-16(11-5-1)19(17-12-6-2-7-13-17)18-14-8-3-9-15-18;1-2-3/h16H,1-15H2;2H2,(H,1,3). The minimum Gasteiger partial charge on any atom is -0.371 e. The maximum Gasteiger partial charge on any atom is 0.0405 e. The second-order valence-corrected chi connectivity index (χ2v) is 7.59. The van der Waals surface area contributed by atoms with Gasteiger partial charge in [-0.3, -0.25) is 0 Å². The monoisotopic (exact) mass is 347 g/mol. The van der Waals surface area contributed by atoms with Crippen LogP contribution in [0.3, 0.4) is 0 Å². The summed E-state index contributed by atoms with van der Waals surface area (Å²) in [6.45, 7) is 5.19. The second-order valence-electron chi connectivity index (χ2n) is 6.75. The fourth-order valence-electron chi connectivity index (χ4n) is 4.12. The molecule has 1 saturated carbocycles. The van der Waals surface area contributed by atoms with E-state index >= 15 is 0 Å². The largest absolute Gasteiger partial charge is 0.371 e. The zero-order valence-electron chi connectivity index (χ0n) is 14.0. The molecular formula is C16H34N3OPS. The first-order valence-electron chi connectivity index (χ1n) is 9.23. The van der Waals surface area contributed by atoms with Gasteiger partial charge in [-0.2, -0.15) is 5.12 Å². The number of hydrogen-bond acceptors (Lipinski definition) is 4. The Morgan fingerprint density at radius 1 is 0.727 bits per heavy atom. The van der Waals surface area contributed by atoms with Crippen LogP contribution in [0, 0.1) is 0 Å². The van der Waals surface area contributed by atoms with Gasteiger partial charge >= 0.3 is 0 Å². The van der Waals surface area contributed by atoms with Gasteiger partial charge in [-0.05, 0) is 38.5 Å². The van der Waals surface area contributed by atoms with Crippen molar-refractivity contribution in [2.45, 2.75) is 76.7 Å². The third-order valence-corrected chi connectivity index (χ3v) is 5.15. The van der Waals surface area contributed by atoms with Crippen LogP contribution >= 0.6 is 7.58 Å². The number of hydrazine groups is 2. The molecule has 1 unspecified atom stereocenters. The van der Waals surface area contributed by atoms with Gasteiger partial charge in [0.2, 0.25) is 0 Å². The molecule has 2 saturated heterocycles. The highest BCUT2D eigenvalue weighted by atomic mass is 32.4. The minimum absolute atomic E-state index is 0.667. The van der Waals surface area contributed by atoms with Gasteiger partial charge in [-0.15, -0.1) is 0 Å². The molecule has 0 bridgehead atoms. The molecule has 0 amide bonds. The molecule has 2 aliphatic heterocycles. The van der Waals surface area contributed by atoms with Crippen LogP contribution in [0.4, 0.5) is 0 Å². The van der Waals surface area contributed by atoms with Gasteiger partial charge in [0.25, 0.3) is 0 Å². The molecule has 0 aromatic heterocycles. The Hall–Kier alpha value is 0.490. The van der Waals surface area contributed by atoms with Crippen molar-refractivity contribution in [3.05, 3.63) is 0 Å². The lowest BCUT2D eigenvalue weighted by molar-refractivity contribution is -0.228. The number of hydrogen-bond donors (Lipinski definition) is 1. The van der Waals surface area contributed by atoms with Crippen molar-refractivity contribution >= 4 is 19.4 Å². The van der Waals surface area contributed by atoms with Gasteiger partial charge in [0.1, 0.15) is 0 Å². The molecule has 1 aliphatic carbocycles. The molecule has 2 heterocycles. The average molecular weight is 348 g/mol. The molecule has 22 heavy (non-hydrogen) atoms. The molecule has 0 aromatic carbocycles. The highest BCUT2D eigenvalue weighted by molar-refractivity contribution is 7.94. The Labute approximate surface area is 142 Å². The maximum atomic E-state index is 7.47. The van der Waals surface area contributed by atoms with Gasteiger partial charge in [0, 0.05) is 39.8 Å². The van der Waals surface area contributed by atoms with Crippen LogP contribution in [0.5, 0.6) is 0 Å². The van der Waals surface area contributed by atoms with Crippen molar-refractivity contribution in [1.82, 2.24) is 15.1 Å². The quantitative estimate of drug-likeness (QED) is 0.792. The van der Waals surface area contributed by atoms with E-state index in [0.29, 0.717) is 0 Å². The molecule has 1 N–H and O–H groups in total. The normalized spacial score (nSPS) is 26.3. The Kier molecular flexibility index (Phi) is 9.51. The topological polar surface area (TPSA) is 30.0 Å². The van der Waals surface area contributed by atoms with Crippen LogP contribution in [-0.2, 0) is 11.8 Å². The molecule has 4 nitrogen and oxygen atoms in total. The molecule has 3 aliphatic rings. The third kappa shape index (κ3) is 5.85. The van der Waals surface area contributed by atoms with Crippen molar-refractivity contribution in [2.24, 2.45) is 0 Å². The summed E-state index contributed by atoms with van der Waals surface area (Å²) in [6, 6.07) is 0.810. The predicted molar refractivity (Wildman–Crippen MR) is 98.9 cm³/mol. The summed E-state index contributed by atoms with van der Waals surface area (Å²) in [5.74, 6) is 0. The first-order chi connectivity index (χ1) is 10.9. The van der Waals surface area contributed by atoms with Crippen LogP contribution < -0.4 is 0 Å². The SMILES string of the molecule is C1CCC(N(N2CCCCC2)N2CCCCC2)CC1.O[PH2]=S. The minimum atomic E-state index is -0.667. The van der Waals surface area contributed by atoms with Crippen molar-refractivity contribution in [3.63, 3.8) is 0 Å². The second kappa shape index (κ2) is 11.1. The number of piperidine rings is 2. The van der Waals surface area contributed by atoms with Gasteiger partial charge in [0.15, 0.2) is 0 Å². The lowest BCUT2D eigenvalue weighted by Crippen LogP contribution is -2.60. The van der Waals surface area contributed by atoms with Gasteiger partial charge in [0.05, 0.1) is 0 Å². The maximum absolute atomic E-state index is 7.47. The van der Waals surface area contributed by atoms with Crippen molar-refractivity contribution in [3.8, 4) is 0 Å². The van der Waals surface area contributed by atoms with Crippen LogP contribution in [0.1, 0.15) is 70.6 Å². The average Bonchev–Trinajstić information content (AvgIpc) is 2.59. The third-order valence-electron chi connectivity index (χ3n) is 5.15. The van der Waals surface area contributed by atoms with Crippen LogP contribution in [0.15, 0.2) is 0 Å². The van der Waals surface area contributed by atoms with Gasteiger partial charge < -0.3 is 4.89 Å². The van der Waals surface area contributed by atoms with E-state index < -0.39 is 7.58 Å². The van der Waals surface area contributed by atoms with E-state index in [1.54, 1.807) is 0 Å². The number of nitrogens with zero attached hydrogens (tertiary/aromatic N) is 3. The van der Waals surface area contributed by atoms with E-state index in [-0.39, 0.29) is 0 Å². The van der Waals surface area contributed by atoms with E-state index in [9.17, 15) is 0 Å². The highest BCUT2D eigenvalue weighted by Crippen LogP contribution is 2.28. The van der Waals surface area contributed by atoms with Crippen molar-refractivity contribution < 1.29 is 4.89 Å². The smallest absolute Gasteiger partial charge is 0.0405 e. The summed E-state index contributed by atoms with van der Waals surface area (Å²) < 4.78 is 0. The van der Waals surface area contributed by atoms with Crippen molar-refractivity contribution in [2.75, 3.05) is 26.2 Å². The van der Waals surface area contributed by atoms with Gasteiger partial charge in [-0.1, -0.05) is 43.9 Å². The van der Waals surface area contributed by atoms with Crippen molar-refractivity contribution in [1.29, 1.82) is 0 Å². The van der Waals surface area contributed by atoms with Crippen LogP contribution in [0.25, 0.3) is 0 Å². The molecule has 1 atom stereocenters. The zero-order chi connectivity index (χ0) is 15.6. The van der Waals surface area contributed by atoms with E-state index in [1.165, 1.54) is 96.8 Å². The van der Waals surface area contributed by atoms with E-state index in [1.807, 2.05) is 0 Å². The summed E-state index contributed by atoms with van der Waals surface area (Å²) >= 11 is 4.03. The Morgan fingerprint density at radius 2 is 1.09 bits per heavy atom. The first kappa shape index (κ1) is 18.8. The summed E-state index contributed by atoms with van der Waals surface area (Å²) in [6.07, 6.45) is 15.7. The van der Waals surface area contributed by atoms with E-state index in [0.717, 1.165) is 6.04 Å². The molecule has 3 fully saturated rings.